The number of hydrogen-bond acceptors (Lipinski definition) is 3. The van der Waals surface area contributed by atoms with Crippen LogP contribution in [0.2, 0.25) is 0 Å². The zero-order valence-electron chi connectivity index (χ0n) is 21.1. The lowest BCUT2D eigenvalue weighted by Gasteiger charge is -2.31. The molecule has 0 saturated heterocycles. The number of anilines is 1. The number of nitrogens with one attached hydrogen (secondary N) is 1. The van der Waals surface area contributed by atoms with Crippen molar-refractivity contribution in [1.29, 1.82) is 0 Å². The maximum Gasteiger partial charge on any atom is 0.228 e. The summed E-state index contributed by atoms with van der Waals surface area (Å²) in [5.74, 6) is 2.04. The quantitative estimate of drug-likeness (QED) is 0.645. The smallest absolute Gasteiger partial charge is 0.228 e. The predicted molar refractivity (Wildman–Crippen MR) is 130 cm³/mol. The molecular weight excluding hydrogens is 398 g/mol. The van der Waals surface area contributed by atoms with E-state index in [4.69, 9.17) is 9.84 Å². The summed E-state index contributed by atoms with van der Waals surface area (Å²) in [5, 5.41) is 8.18. The second-order valence-electron chi connectivity index (χ2n) is 11.7. The molecule has 1 amide bonds. The number of aromatic nitrogens is 2. The fraction of sp³-hybridized carbons (Fsp3) is 0.630. The van der Waals surface area contributed by atoms with Gasteiger partial charge in [0, 0.05) is 35.4 Å². The summed E-state index contributed by atoms with van der Waals surface area (Å²) in [6.45, 7) is 18.2. The number of carbonyl (C=O) groups excluding carboxylic acids is 1. The van der Waals surface area contributed by atoms with Crippen LogP contribution in [-0.2, 0) is 35.0 Å². The minimum Gasteiger partial charge on any atom is -0.487 e. The highest BCUT2D eigenvalue weighted by Crippen LogP contribution is 2.45. The molecule has 2 aliphatic heterocycles. The van der Waals surface area contributed by atoms with E-state index in [1.807, 2.05) is 11.6 Å². The molecular formula is C27H39N3O2. The van der Waals surface area contributed by atoms with Crippen LogP contribution >= 0.6 is 0 Å². The first-order chi connectivity index (χ1) is 14.8. The van der Waals surface area contributed by atoms with Crippen LogP contribution in [0.5, 0.6) is 5.75 Å². The zero-order chi connectivity index (χ0) is 23.5. The zero-order valence-corrected chi connectivity index (χ0v) is 21.1. The number of ether oxygens (including phenoxy) is 1. The number of nitrogens with zero attached hydrogens (tertiary/aromatic N) is 2. The van der Waals surface area contributed by atoms with Gasteiger partial charge in [0.2, 0.25) is 5.91 Å². The third-order valence-electron chi connectivity index (χ3n) is 7.36. The number of fused-ring (bicyclic) bond motifs is 2. The Hall–Kier alpha value is -2.30. The Morgan fingerprint density at radius 3 is 2.62 bits per heavy atom. The number of amides is 1. The van der Waals surface area contributed by atoms with Crippen LogP contribution in [0.1, 0.15) is 90.6 Å². The van der Waals surface area contributed by atoms with Crippen molar-refractivity contribution in [2.75, 3.05) is 5.32 Å². The van der Waals surface area contributed by atoms with E-state index in [0.29, 0.717) is 0 Å². The minimum absolute atomic E-state index is 0.0189. The SMILES string of the molecule is CCC(C)(CCn1nc(C(C)(C)C)c2c1NC(=O)C(C)C2)c1cccc2c1OC(C)(C)C2. The van der Waals surface area contributed by atoms with Crippen LogP contribution in [0, 0.1) is 5.92 Å². The molecule has 0 saturated carbocycles. The van der Waals surface area contributed by atoms with Crippen LogP contribution in [0.4, 0.5) is 5.82 Å². The van der Waals surface area contributed by atoms with E-state index < -0.39 is 0 Å². The molecule has 3 heterocycles. The largest absolute Gasteiger partial charge is 0.487 e. The van der Waals surface area contributed by atoms with Gasteiger partial charge in [0.15, 0.2) is 0 Å². The van der Waals surface area contributed by atoms with Crippen LogP contribution < -0.4 is 10.1 Å². The molecule has 2 aliphatic rings. The maximum absolute atomic E-state index is 12.5. The molecule has 0 aliphatic carbocycles. The van der Waals surface area contributed by atoms with E-state index in [1.165, 1.54) is 16.7 Å². The first-order valence-corrected chi connectivity index (χ1v) is 12.1. The fourth-order valence-electron chi connectivity index (χ4n) is 5.18. The van der Waals surface area contributed by atoms with Gasteiger partial charge in [0.1, 0.15) is 17.2 Å². The first kappa shape index (κ1) is 22.9. The third-order valence-corrected chi connectivity index (χ3v) is 7.36. The Labute approximate surface area is 192 Å². The molecule has 0 bridgehead atoms. The summed E-state index contributed by atoms with van der Waals surface area (Å²) in [5.41, 5.74) is 4.63. The van der Waals surface area contributed by atoms with Gasteiger partial charge >= 0.3 is 0 Å². The van der Waals surface area contributed by atoms with Gasteiger partial charge < -0.3 is 10.1 Å². The van der Waals surface area contributed by atoms with E-state index in [-0.39, 0.29) is 28.3 Å². The standard InChI is InChI=1S/C27H39N3O2/c1-9-27(8,20-12-10-11-18-16-26(6,7)32-21(18)20)13-14-30-23-19(15-17(2)24(31)28-23)22(29-30)25(3,4)5/h10-12,17H,9,13-16H2,1-8H3,(H,28,31). The van der Waals surface area contributed by atoms with Crippen molar-refractivity contribution >= 4 is 11.7 Å². The molecule has 2 aromatic rings. The lowest BCUT2D eigenvalue weighted by Crippen LogP contribution is -2.30. The molecule has 1 aromatic carbocycles. The van der Waals surface area contributed by atoms with Gasteiger partial charge in [-0.3, -0.25) is 4.79 Å². The van der Waals surface area contributed by atoms with Gasteiger partial charge in [-0.2, -0.15) is 5.10 Å². The lowest BCUT2D eigenvalue weighted by atomic mass is 9.76. The monoisotopic (exact) mass is 437 g/mol. The maximum atomic E-state index is 12.5. The van der Waals surface area contributed by atoms with Gasteiger partial charge in [-0.05, 0) is 44.1 Å². The van der Waals surface area contributed by atoms with Crippen molar-refractivity contribution < 1.29 is 9.53 Å². The molecule has 2 unspecified atom stereocenters. The molecule has 0 fully saturated rings. The van der Waals surface area contributed by atoms with Crippen molar-refractivity contribution in [3.63, 3.8) is 0 Å². The molecule has 5 nitrogen and oxygen atoms in total. The molecule has 174 valence electrons. The van der Waals surface area contributed by atoms with Gasteiger partial charge in [0.25, 0.3) is 0 Å². The van der Waals surface area contributed by atoms with E-state index >= 15 is 0 Å². The Morgan fingerprint density at radius 2 is 1.97 bits per heavy atom. The summed E-state index contributed by atoms with van der Waals surface area (Å²) in [6.07, 6.45) is 3.63. The second-order valence-corrected chi connectivity index (χ2v) is 11.7. The number of aryl methyl sites for hydroxylation is 1. The summed E-state index contributed by atoms with van der Waals surface area (Å²) >= 11 is 0. The predicted octanol–water partition coefficient (Wildman–Crippen LogP) is 5.78. The summed E-state index contributed by atoms with van der Waals surface area (Å²) in [7, 11) is 0. The highest BCUT2D eigenvalue weighted by Gasteiger charge is 2.38. The normalized spacial score (nSPS) is 21.4. The molecule has 0 radical (unpaired) electrons. The molecule has 1 N–H and O–H groups in total. The number of hydrogen-bond donors (Lipinski definition) is 1. The van der Waals surface area contributed by atoms with Gasteiger partial charge in [-0.15, -0.1) is 0 Å². The molecule has 32 heavy (non-hydrogen) atoms. The summed E-state index contributed by atoms with van der Waals surface area (Å²) in [4.78, 5) is 12.5. The van der Waals surface area contributed by atoms with Crippen LogP contribution in [0.3, 0.4) is 0 Å². The Kier molecular flexibility index (Phi) is 5.46. The van der Waals surface area contributed by atoms with E-state index in [1.54, 1.807) is 0 Å². The van der Waals surface area contributed by atoms with Crippen LogP contribution in [-0.4, -0.2) is 21.3 Å². The van der Waals surface area contributed by atoms with E-state index in [2.05, 4.69) is 72.0 Å². The fourth-order valence-corrected chi connectivity index (χ4v) is 5.18. The van der Waals surface area contributed by atoms with Crippen LogP contribution in [0.15, 0.2) is 18.2 Å². The van der Waals surface area contributed by atoms with Crippen molar-refractivity contribution in [1.82, 2.24) is 9.78 Å². The second kappa shape index (κ2) is 7.64. The topological polar surface area (TPSA) is 56.2 Å². The number of carbonyl (C=O) groups is 1. The first-order valence-electron chi connectivity index (χ1n) is 12.1. The Balaban J connectivity index is 1.67. The Bertz CT molecular complexity index is 1040. The van der Waals surface area contributed by atoms with Gasteiger partial charge in [0.05, 0.1) is 5.69 Å². The van der Waals surface area contributed by atoms with Crippen molar-refractivity contribution in [3.05, 3.63) is 40.6 Å². The Morgan fingerprint density at radius 1 is 1.25 bits per heavy atom. The molecule has 2 atom stereocenters. The average molecular weight is 438 g/mol. The van der Waals surface area contributed by atoms with Gasteiger partial charge in [-0.25, -0.2) is 4.68 Å². The average Bonchev–Trinajstić information content (AvgIpc) is 3.21. The van der Waals surface area contributed by atoms with Crippen LogP contribution in [0.25, 0.3) is 0 Å². The molecule has 0 spiro atoms. The minimum atomic E-state index is -0.156. The molecule has 4 rings (SSSR count). The van der Waals surface area contributed by atoms with Crippen molar-refractivity contribution in [2.45, 2.75) is 104 Å². The number of rotatable bonds is 5. The van der Waals surface area contributed by atoms with Crippen molar-refractivity contribution in [2.24, 2.45) is 5.92 Å². The number of para-hydroxylation sites is 1. The lowest BCUT2D eigenvalue weighted by molar-refractivity contribution is -0.119. The van der Waals surface area contributed by atoms with E-state index in [9.17, 15) is 4.79 Å². The molecule has 1 aromatic heterocycles. The van der Waals surface area contributed by atoms with E-state index in [0.717, 1.165) is 49.5 Å². The summed E-state index contributed by atoms with van der Waals surface area (Å²) in [6, 6.07) is 6.59. The van der Waals surface area contributed by atoms with Gasteiger partial charge in [-0.1, -0.05) is 59.7 Å². The third kappa shape index (κ3) is 3.95. The summed E-state index contributed by atoms with van der Waals surface area (Å²) < 4.78 is 8.45. The highest BCUT2D eigenvalue weighted by atomic mass is 16.5. The number of benzene rings is 1. The highest BCUT2D eigenvalue weighted by molar-refractivity contribution is 5.94. The molecule has 5 heteroatoms. The van der Waals surface area contributed by atoms with Crippen molar-refractivity contribution in [3.8, 4) is 5.75 Å².